The van der Waals surface area contributed by atoms with E-state index in [1.54, 1.807) is 0 Å². The van der Waals surface area contributed by atoms with Gasteiger partial charge in [0.05, 0.1) is 27.6 Å². The summed E-state index contributed by atoms with van der Waals surface area (Å²) in [4.78, 5) is 22.7. The summed E-state index contributed by atoms with van der Waals surface area (Å²) in [5.41, 5.74) is -0.00681. The first-order valence-electron chi connectivity index (χ1n) is 6.62. The molecule has 0 fully saturated rings. The van der Waals surface area contributed by atoms with E-state index >= 15 is 0 Å². The van der Waals surface area contributed by atoms with Crippen LogP contribution in [-0.4, -0.2) is 49.7 Å². The minimum absolute atomic E-state index is 0. The molecule has 0 aliphatic heterocycles. The predicted molar refractivity (Wildman–Crippen MR) is 79.9 cm³/mol. The number of hydrogen-bond acceptors (Lipinski definition) is 4. The van der Waals surface area contributed by atoms with Crippen molar-refractivity contribution in [3.05, 3.63) is 35.9 Å². The third kappa shape index (κ3) is 9.60. The van der Waals surface area contributed by atoms with Crippen LogP contribution < -0.4 is 12.4 Å². The number of halogens is 2. The molecule has 1 aromatic carbocycles. The summed E-state index contributed by atoms with van der Waals surface area (Å²) in [6.07, 6.45) is -0.612. The van der Waals surface area contributed by atoms with E-state index in [0.29, 0.717) is 11.0 Å². The molecule has 0 heterocycles. The molecular weight excluding hydrogens is 329 g/mol. The molecule has 0 amide bonds. The average Bonchev–Trinajstić information content (AvgIpc) is 2.34. The van der Waals surface area contributed by atoms with Gasteiger partial charge in [-0.1, -0.05) is 30.3 Å². The van der Waals surface area contributed by atoms with Gasteiger partial charge in [-0.15, -0.1) is 0 Å². The minimum Gasteiger partial charge on any atom is -1.00 e. The summed E-state index contributed by atoms with van der Waals surface area (Å²) in [7, 11) is 5.80. The van der Waals surface area contributed by atoms with Crippen molar-refractivity contribution in [1.29, 1.82) is 0 Å². The molecule has 1 atom stereocenters. The Morgan fingerprint density at radius 3 is 2.27 bits per heavy atom. The molecular formula is C15H21Cl2NO4. The number of hydrogen-bond donors (Lipinski definition) is 0. The van der Waals surface area contributed by atoms with Gasteiger partial charge >= 0.3 is 11.4 Å². The van der Waals surface area contributed by atoms with E-state index in [1.807, 2.05) is 51.5 Å². The molecule has 0 aliphatic carbocycles. The molecule has 124 valence electrons. The van der Waals surface area contributed by atoms with Crippen molar-refractivity contribution in [3.8, 4) is 0 Å². The van der Waals surface area contributed by atoms with Gasteiger partial charge in [0.25, 0.3) is 0 Å². The summed E-state index contributed by atoms with van der Waals surface area (Å²) >= 11 is 5.24. The number of quaternary nitrogens is 1. The first-order chi connectivity index (χ1) is 9.76. The molecule has 0 spiro atoms. The number of carbonyl (C=O) groups excluding carboxylic acids is 2. The van der Waals surface area contributed by atoms with Crippen molar-refractivity contribution in [2.75, 3.05) is 27.7 Å². The van der Waals surface area contributed by atoms with E-state index in [0.717, 1.165) is 5.56 Å². The van der Waals surface area contributed by atoms with Crippen LogP contribution in [0.25, 0.3) is 0 Å². The van der Waals surface area contributed by atoms with E-state index in [2.05, 4.69) is 0 Å². The zero-order valence-corrected chi connectivity index (χ0v) is 14.4. The summed E-state index contributed by atoms with van der Waals surface area (Å²) in [6.45, 7) is 0.671. The SMILES string of the molecule is C[N+](C)(C)C[C@@H](CC(=O)OCc1ccccc1)OC(=O)Cl.[Cl-]. The lowest BCUT2D eigenvalue weighted by atomic mass is 10.2. The van der Waals surface area contributed by atoms with Crippen LogP contribution in [0.5, 0.6) is 0 Å². The summed E-state index contributed by atoms with van der Waals surface area (Å²) in [6, 6.07) is 9.38. The molecule has 0 unspecified atom stereocenters. The zero-order valence-electron chi connectivity index (χ0n) is 12.9. The Balaban J connectivity index is 0.00000441. The molecule has 7 heteroatoms. The number of carbonyl (C=O) groups is 2. The lowest BCUT2D eigenvalue weighted by molar-refractivity contribution is -0.873. The molecule has 0 radical (unpaired) electrons. The van der Waals surface area contributed by atoms with E-state index < -0.39 is 17.5 Å². The highest BCUT2D eigenvalue weighted by Crippen LogP contribution is 2.09. The maximum absolute atomic E-state index is 11.8. The van der Waals surface area contributed by atoms with E-state index in [-0.39, 0.29) is 25.4 Å². The number of rotatable bonds is 7. The molecule has 1 aromatic rings. The lowest BCUT2D eigenvalue weighted by Crippen LogP contribution is -3.00. The Bertz CT molecular complexity index is 474. The standard InChI is InChI=1S/C15H21ClNO4.ClH/c1-17(2,3)10-13(21-15(16)19)9-14(18)20-11-12-7-5-4-6-8-12;/h4-8,13H,9-11H2,1-3H3;1H/q+1;/p-1/t13-;/m1./s1. The minimum atomic E-state index is -0.913. The highest BCUT2D eigenvalue weighted by molar-refractivity contribution is 6.61. The Kier molecular flexibility index (Phi) is 9.09. The van der Waals surface area contributed by atoms with Crippen molar-refractivity contribution in [3.63, 3.8) is 0 Å². The van der Waals surface area contributed by atoms with Gasteiger partial charge in [-0.05, 0) is 5.56 Å². The van der Waals surface area contributed by atoms with Gasteiger partial charge in [0.2, 0.25) is 0 Å². The number of ether oxygens (including phenoxy) is 2. The van der Waals surface area contributed by atoms with Gasteiger partial charge in [0, 0.05) is 11.6 Å². The van der Waals surface area contributed by atoms with Crippen LogP contribution in [0, 0.1) is 0 Å². The highest BCUT2D eigenvalue weighted by Gasteiger charge is 2.25. The van der Waals surface area contributed by atoms with Crippen molar-refractivity contribution < 1.29 is 36.0 Å². The van der Waals surface area contributed by atoms with Crippen LogP contribution in [0.3, 0.4) is 0 Å². The maximum Gasteiger partial charge on any atom is 0.404 e. The van der Waals surface area contributed by atoms with Gasteiger partial charge in [-0.25, -0.2) is 4.79 Å². The van der Waals surface area contributed by atoms with Gasteiger partial charge in [0.15, 0.2) is 6.10 Å². The predicted octanol–water partition coefficient (Wildman–Crippen LogP) is -0.426. The van der Waals surface area contributed by atoms with Crippen molar-refractivity contribution in [2.45, 2.75) is 19.1 Å². The highest BCUT2D eigenvalue weighted by atomic mass is 35.5. The molecule has 0 bridgehead atoms. The van der Waals surface area contributed by atoms with Crippen LogP contribution in [0.4, 0.5) is 4.79 Å². The fourth-order valence-electron chi connectivity index (χ4n) is 1.87. The summed E-state index contributed by atoms with van der Waals surface area (Å²) < 4.78 is 10.7. The van der Waals surface area contributed by atoms with Gasteiger partial charge in [0.1, 0.15) is 13.2 Å². The van der Waals surface area contributed by atoms with Gasteiger partial charge < -0.3 is 26.4 Å². The topological polar surface area (TPSA) is 52.6 Å². The third-order valence-corrected chi connectivity index (χ3v) is 2.74. The smallest absolute Gasteiger partial charge is 0.404 e. The molecule has 0 aliphatic rings. The van der Waals surface area contributed by atoms with Gasteiger partial charge in [-0.2, -0.15) is 0 Å². The molecule has 0 saturated carbocycles. The lowest BCUT2D eigenvalue weighted by Gasteiger charge is -2.28. The van der Waals surface area contributed by atoms with Crippen LogP contribution in [0.2, 0.25) is 0 Å². The monoisotopic (exact) mass is 349 g/mol. The van der Waals surface area contributed by atoms with Crippen molar-refractivity contribution >= 4 is 23.0 Å². The molecule has 0 saturated heterocycles. The number of esters is 1. The Morgan fingerprint density at radius 1 is 1.18 bits per heavy atom. The van der Waals surface area contributed by atoms with Crippen molar-refractivity contribution in [2.24, 2.45) is 0 Å². The zero-order chi connectivity index (χ0) is 15.9. The summed E-state index contributed by atoms with van der Waals surface area (Å²) in [5, 5.41) is 0. The van der Waals surface area contributed by atoms with Crippen molar-refractivity contribution in [1.82, 2.24) is 0 Å². The van der Waals surface area contributed by atoms with Crippen LogP contribution in [-0.2, 0) is 20.9 Å². The molecule has 1 rings (SSSR count). The Hall–Kier alpha value is -1.30. The first-order valence-corrected chi connectivity index (χ1v) is 7.00. The van der Waals surface area contributed by atoms with Crippen LogP contribution in [0.15, 0.2) is 30.3 Å². The first kappa shape index (κ1) is 20.7. The molecule has 0 aromatic heterocycles. The number of likely N-dealkylation sites (N-methyl/N-ethyl adjacent to an activating group) is 1. The third-order valence-electron chi connectivity index (χ3n) is 2.65. The Labute approximate surface area is 142 Å². The molecule has 0 N–H and O–H groups in total. The number of nitrogens with zero attached hydrogens (tertiary/aromatic N) is 1. The van der Waals surface area contributed by atoms with Crippen LogP contribution >= 0.6 is 11.6 Å². The Morgan fingerprint density at radius 2 is 1.77 bits per heavy atom. The fraction of sp³-hybridized carbons (Fsp3) is 0.467. The summed E-state index contributed by atoms with van der Waals surface area (Å²) in [5.74, 6) is -0.421. The quantitative estimate of drug-likeness (QED) is 0.381. The second kappa shape index (κ2) is 9.66. The average molecular weight is 350 g/mol. The fourth-order valence-corrected chi connectivity index (χ4v) is 1.99. The molecule has 22 heavy (non-hydrogen) atoms. The van der Waals surface area contributed by atoms with E-state index in [4.69, 9.17) is 21.1 Å². The molecule has 5 nitrogen and oxygen atoms in total. The van der Waals surface area contributed by atoms with E-state index in [1.165, 1.54) is 0 Å². The van der Waals surface area contributed by atoms with E-state index in [9.17, 15) is 9.59 Å². The van der Waals surface area contributed by atoms with Crippen LogP contribution in [0.1, 0.15) is 12.0 Å². The second-order valence-electron chi connectivity index (χ2n) is 5.80. The number of benzene rings is 1. The maximum atomic E-state index is 11.8. The second-order valence-corrected chi connectivity index (χ2v) is 6.11. The normalized spacial score (nSPS) is 12.0. The van der Waals surface area contributed by atoms with Gasteiger partial charge in [-0.3, -0.25) is 4.79 Å². The largest absolute Gasteiger partial charge is 1.00 e.